The van der Waals surface area contributed by atoms with Gasteiger partial charge in [-0.3, -0.25) is 4.99 Å². The number of hydrogen-bond donors (Lipinski definition) is 1. The molecule has 5 nitrogen and oxygen atoms in total. The van der Waals surface area contributed by atoms with Crippen molar-refractivity contribution >= 4 is 16.2 Å². The Morgan fingerprint density at radius 2 is 2.22 bits per heavy atom. The van der Waals surface area contributed by atoms with Crippen LogP contribution in [0, 0.1) is 5.41 Å². The van der Waals surface area contributed by atoms with E-state index in [1.165, 1.54) is 10.5 Å². The predicted molar refractivity (Wildman–Crippen MR) is 70.6 cm³/mol. The van der Waals surface area contributed by atoms with E-state index in [2.05, 4.69) is 4.99 Å². The van der Waals surface area contributed by atoms with Crippen molar-refractivity contribution < 1.29 is 13.5 Å². The fraction of sp³-hybridized carbons (Fsp3) is 0.583. The van der Waals surface area contributed by atoms with Crippen LogP contribution in [-0.2, 0) is 10.0 Å². The smallest absolute Gasteiger partial charge is 0.244 e. The van der Waals surface area contributed by atoms with Crippen LogP contribution in [0.2, 0.25) is 0 Å². The van der Waals surface area contributed by atoms with Gasteiger partial charge in [-0.1, -0.05) is 19.9 Å². The average molecular weight is 270 g/mol. The van der Waals surface area contributed by atoms with Crippen LogP contribution in [0.4, 0.5) is 0 Å². The molecule has 0 amide bonds. The summed E-state index contributed by atoms with van der Waals surface area (Å²) in [6.07, 6.45) is 6.42. The highest BCUT2D eigenvalue weighted by molar-refractivity contribution is 7.93. The van der Waals surface area contributed by atoms with Crippen LogP contribution in [-0.4, -0.2) is 43.2 Å². The zero-order valence-corrected chi connectivity index (χ0v) is 11.4. The molecule has 0 radical (unpaired) electrons. The van der Waals surface area contributed by atoms with E-state index in [4.69, 9.17) is 0 Å². The summed E-state index contributed by atoms with van der Waals surface area (Å²) in [5.41, 5.74) is -0.252. The molecule has 1 saturated heterocycles. The zero-order valence-electron chi connectivity index (χ0n) is 10.6. The van der Waals surface area contributed by atoms with Gasteiger partial charge < -0.3 is 5.11 Å². The molecule has 0 aromatic rings. The van der Waals surface area contributed by atoms with Crippen molar-refractivity contribution in [3.63, 3.8) is 0 Å². The van der Waals surface area contributed by atoms with Gasteiger partial charge in [0.2, 0.25) is 10.0 Å². The monoisotopic (exact) mass is 270 g/mol. The third-order valence-corrected chi connectivity index (χ3v) is 4.90. The van der Waals surface area contributed by atoms with Crippen LogP contribution in [0.5, 0.6) is 0 Å². The van der Waals surface area contributed by atoms with Gasteiger partial charge in [-0.15, -0.1) is 0 Å². The molecule has 0 aromatic carbocycles. The van der Waals surface area contributed by atoms with E-state index in [1.807, 2.05) is 19.9 Å². The molecule has 0 bridgehead atoms. The predicted octanol–water partition coefficient (Wildman–Crippen LogP) is 0.891. The summed E-state index contributed by atoms with van der Waals surface area (Å²) in [6.45, 7) is 4.44. The van der Waals surface area contributed by atoms with Crippen LogP contribution in [0.25, 0.3) is 0 Å². The van der Waals surface area contributed by atoms with E-state index in [9.17, 15) is 13.5 Å². The lowest BCUT2D eigenvalue weighted by Gasteiger charge is -2.16. The Hall–Kier alpha value is -0.980. The molecule has 1 N–H and O–H groups in total. The first-order valence-corrected chi connectivity index (χ1v) is 7.37. The average Bonchev–Trinajstić information content (AvgIpc) is 2.61. The first-order valence-electron chi connectivity index (χ1n) is 5.93. The maximum absolute atomic E-state index is 12.3. The van der Waals surface area contributed by atoms with Crippen molar-refractivity contribution in [3.05, 3.63) is 23.3 Å². The number of aliphatic hydroxyl groups excluding tert-OH is 1. The number of nitrogens with zero attached hydrogens (tertiary/aromatic N) is 2. The molecule has 0 saturated carbocycles. The summed E-state index contributed by atoms with van der Waals surface area (Å²) in [5, 5.41) is 9.43. The second-order valence-electron chi connectivity index (χ2n) is 5.27. The third kappa shape index (κ3) is 2.71. The Morgan fingerprint density at radius 3 is 2.83 bits per heavy atom. The summed E-state index contributed by atoms with van der Waals surface area (Å²) in [5.74, 6) is 0. The van der Waals surface area contributed by atoms with Crippen molar-refractivity contribution in [2.45, 2.75) is 26.4 Å². The number of aliphatic hydroxyl groups is 1. The second-order valence-corrected chi connectivity index (χ2v) is 7.21. The number of rotatable bonds is 2. The summed E-state index contributed by atoms with van der Waals surface area (Å²) < 4.78 is 25.9. The molecule has 0 spiro atoms. The molecule has 2 heterocycles. The van der Waals surface area contributed by atoms with Crippen molar-refractivity contribution in [2.75, 3.05) is 13.1 Å². The lowest BCUT2D eigenvalue weighted by atomic mass is 9.95. The van der Waals surface area contributed by atoms with Crippen molar-refractivity contribution in [1.82, 2.24) is 4.31 Å². The molecule has 2 aliphatic heterocycles. The SMILES string of the molecule is CC1(C)C=CC(S(=O)(=O)N2CCC(O)C2)=CN=C1. The molecule has 100 valence electrons. The van der Waals surface area contributed by atoms with E-state index < -0.39 is 16.1 Å². The Labute approximate surface area is 108 Å². The van der Waals surface area contributed by atoms with Crippen LogP contribution < -0.4 is 0 Å². The summed E-state index contributed by atoms with van der Waals surface area (Å²) >= 11 is 0. The van der Waals surface area contributed by atoms with Crippen LogP contribution >= 0.6 is 0 Å². The molecule has 0 aliphatic carbocycles. The molecule has 1 unspecified atom stereocenters. The number of aliphatic imine (C=N–C) groups is 1. The van der Waals surface area contributed by atoms with Gasteiger partial charge in [0.05, 0.1) is 6.10 Å². The minimum absolute atomic E-state index is 0.167. The van der Waals surface area contributed by atoms with E-state index in [0.29, 0.717) is 13.0 Å². The van der Waals surface area contributed by atoms with Crippen LogP contribution in [0.1, 0.15) is 20.3 Å². The van der Waals surface area contributed by atoms with Gasteiger partial charge in [0, 0.05) is 30.9 Å². The van der Waals surface area contributed by atoms with Crippen molar-refractivity contribution in [3.8, 4) is 0 Å². The molecular formula is C12H18N2O3S. The number of allylic oxidation sites excluding steroid dienone is 2. The Balaban J connectivity index is 2.27. The summed E-state index contributed by atoms with van der Waals surface area (Å²) in [4.78, 5) is 4.22. The van der Waals surface area contributed by atoms with Crippen LogP contribution in [0.15, 0.2) is 28.2 Å². The topological polar surface area (TPSA) is 70.0 Å². The van der Waals surface area contributed by atoms with Crippen molar-refractivity contribution in [2.24, 2.45) is 10.4 Å². The van der Waals surface area contributed by atoms with Gasteiger partial charge in [0.15, 0.2) is 0 Å². The first kappa shape index (κ1) is 13.5. The Bertz CT molecular complexity index is 517. The van der Waals surface area contributed by atoms with Gasteiger partial charge in [-0.05, 0) is 12.5 Å². The van der Waals surface area contributed by atoms with E-state index in [-0.39, 0.29) is 16.9 Å². The molecule has 1 atom stereocenters. The fourth-order valence-electron chi connectivity index (χ4n) is 1.92. The summed E-state index contributed by atoms with van der Waals surface area (Å²) in [6, 6.07) is 0. The van der Waals surface area contributed by atoms with E-state index in [1.54, 1.807) is 12.3 Å². The zero-order chi connectivity index (χ0) is 13.4. The highest BCUT2D eigenvalue weighted by atomic mass is 32.2. The number of β-amino-alcohol motifs (C(OH)–C–C–N with tert-alkyl or cyclic N) is 1. The molecule has 0 aromatic heterocycles. The Morgan fingerprint density at radius 1 is 1.50 bits per heavy atom. The minimum atomic E-state index is -3.53. The maximum Gasteiger partial charge on any atom is 0.244 e. The molecule has 2 rings (SSSR count). The Kier molecular flexibility index (Phi) is 3.44. The van der Waals surface area contributed by atoms with E-state index >= 15 is 0 Å². The third-order valence-electron chi connectivity index (χ3n) is 3.05. The molecule has 2 aliphatic rings. The van der Waals surface area contributed by atoms with Crippen molar-refractivity contribution in [1.29, 1.82) is 0 Å². The quantitative estimate of drug-likeness (QED) is 0.810. The standard InChI is InChI=1S/C12H18N2O3S/c1-12(2)5-3-11(7-13-9-12)18(16,17)14-6-4-10(15)8-14/h3,5,7,9-10,15H,4,6,8H2,1-2H3. The highest BCUT2D eigenvalue weighted by Gasteiger charge is 2.32. The molecular weight excluding hydrogens is 252 g/mol. The normalized spacial score (nSPS) is 28.2. The number of hydrogen-bond acceptors (Lipinski definition) is 4. The van der Waals surface area contributed by atoms with Gasteiger partial charge in [-0.25, -0.2) is 8.42 Å². The highest BCUT2D eigenvalue weighted by Crippen LogP contribution is 2.25. The largest absolute Gasteiger partial charge is 0.392 e. The fourth-order valence-corrected chi connectivity index (χ4v) is 3.36. The van der Waals surface area contributed by atoms with E-state index in [0.717, 1.165) is 0 Å². The second kappa shape index (κ2) is 4.60. The van der Waals surface area contributed by atoms with Gasteiger partial charge in [-0.2, -0.15) is 4.31 Å². The maximum atomic E-state index is 12.3. The lowest BCUT2D eigenvalue weighted by Crippen LogP contribution is -2.30. The molecule has 18 heavy (non-hydrogen) atoms. The first-order chi connectivity index (χ1) is 8.31. The molecule has 1 fully saturated rings. The van der Waals surface area contributed by atoms with Gasteiger partial charge in [0.1, 0.15) is 4.91 Å². The lowest BCUT2D eigenvalue weighted by molar-refractivity contribution is 0.189. The van der Waals surface area contributed by atoms with Crippen LogP contribution in [0.3, 0.4) is 0 Å². The van der Waals surface area contributed by atoms with Gasteiger partial charge in [0.25, 0.3) is 0 Å². The molecule has 6 heteroatoms. The number of sulfonamides is 1. The van der Waals surface area contributed by atoms with Gasteiger partial charge >= 0.3 is 0 Å². The minimum Gasteiger partial charge on any atom is -0.392 e. The summed E-state index contributed by atoms with van der Waals surface area (Å²) in [7, 11) is -3.53.